The van der Waals surface area contributed by atoms with E-state index in [0.29, 0.717) is 6.61 Å². The van der Waals surface area contributed by atoms with E-state index in [-0.39, 0.29) is 0 Å². The maximum atomic E-state index is 5.83. The fraction of sp³-hybridized carbons (Fsp3) is 0.0476. The number of rotatable bonds is 5. The van der Waals surface area contributed by atoms with E-state index < -0.39 is 0 Å². The first-order valence-electron chi connectivity index (χ1n) is 8.03. The van der Waals surface area contributed by atoms with Crippen molar-refractivity contribution in [2.45, 2.75) is 16.5 Å². The van der Waals surface area contributed by atoms with E-state index in [4.69, 9.17) is 4.74 Å². The minimum absolute atomic E-state index is 0.573. The van der Waals surface area contributed by atoms with Crippen molar-refractivity contribution in [3.05, 3.63) is 90.8 Å². The third-order valence-corrected chi connectivity index (χ3v) is 4.82. The Morgan fingerprint density at radius 1 is 0.760 bits per heavy atom. The Morgan fingerprint density at radius 2 is 1.52 bits per heavy atom. The molecule has 4 aromatic rings. The first-order valence-corrected chi connectivity index (χ1v) is 8.84. The van der Waals surface area contributed by atoms with Crippen molar-refractivity contribution in [3.63, 3.8) is 0 Å². The van der Waals surface area contributed by atoms with Crippen LogP contribution >= 0.6 is 11.8 Å². The fourth-order valence-corrected chi connectivity index (χ4v) is 3.40. The van der Waals surface area contributed by atoms with E-state index in [9.17, 15) is 0 Å². The summed E-state index contributed by atoms with van der Waals surface area (Å²) in [5.41, 5.74) is 2.12. The van der Waals surface area contributed by atoms with E-state index in [1.807, 2.05) is 48.5 Å². The lowest BCUT2D eigenvalue weighted by Crippen LogP contribution is -1.94. The minimum Gasteiger partial charge on any atom is -0.489 e. The molecule has 0 amide bonds. The molecular formula is C21H16N2OS. The van der Waals surface area contributed by atoms with Crippen molar-refractivity contribution in [2.24, 2.45) is 0 Å². The molecule has 0 aliphatic heterocycles. The number of ether oxygens (including phenoxy) is 1. The summed E-state index contributed by atoms with van der Waals surface area (Å²) in [5.74, 6) is 0.862. The Balaban J connectivity index is 1.47. The number of aromatic nitrogens is 2. The smallest absolute Gasteiger partial charge is 0.119 e. The summed E-state index contributed by atoms with van der Waals surface area (Å²) >= 11 is 1.63. The Kier molecular flexibility index (Phi) is 4.61. The first kappa shape index (κ1) is 15.7. The van der Waals surface area contributed by atoms with Crippen LogP contribution in [0.25, 0.3) is 10.9 Å². The van der Waals surface area contributed by atoms with Crippen LogP contribution in [0.3, 0.4) is 0 Å². The standard InChI is InChI=1S/C21H16N2OS/c1-2-6-16(7-3-1)14-24-17-10-12-18(13-11-17)25-21-19-8-4-5-9-20(19)22-15-23-21/h1-13,15H,14H2. The van der Waals surface area contributed by atoms with E-state index in [1.165, 1.54) is 0 Å². The summed E-state index contributed by atoms with van der Waals surface area (Å²) < 4.78 is 5.83. The van der Waals surface area contributed by atoms with Gasteiger partial charge in [-0.05, 0) is 35.9 Å². The highest BCUT2D eigenvalue weighted by Gasteiger charge is 2.05. The molecule has 4 rings (SSSR count). The topological polar surface area (TPSA) is 35.0 Å². The summed E-state index contributed by atoms with van der Waals surface area (Å²) in [7, 11) is 0. The number of nitrogens with zero attached hydrogens (tertiary/aromatic N) is 2. The van der Waals surface area contributed by atoms with Crippen LogP contribution in [0.2, 0.25) is 0 Å². The lowest BCUT2D eigenvalue weighted by atomic mass is 10.2. The summed E-state index contributed by atoms with van der Waals surface area (Å²) in [6, 6.07) is 26.3. The SMILES string of the molecule is c1ccc(COc2ccc(Sc3ncnc4ccccc34)cc2)cc1. The van der Waals surface area contributed by atoms with Gasteiger partial charge in [-0.25, -0.2) is 9.97 Å². The molecule has 0 aliphatic carbocycles. The molecule has 1 aromatic heterocycles. The van der Waals surface area contributed by atoms with Gasteiger partial charge in [-0.2, -0.15) is 0 Å². The largest absolute Gasteiger partial charge is 0.489 e. The molecule has 0 bridgehead atoms. The average Bonchev–Trinajstić information content (AvgIpc) is 2.69. The van der Waals surface area contributed by atoms with Gasteiger partial charge in [0.15, 0.2) is 0 Å². The number of hydrogen-bond acceptors (Lipinski definition) is 4. The van der Waals surface area contributed by atoms with E-state index in [1.54, 1.807) is 18.1 Å². The minimum atomic E-state index is 0.573. The van der Waals surface area contributed by atoms with Gasteiger partial charge >= 0.3 is 0 Å². The quantitative estimate of drug-likeness (QED) is 0.457. The molecule has 0 saturated heterocycles. The van der Waals surface area contributed by atoms with Crippen molar-refractivity contribution in [3.8, 4) is 5.75 Å². The molecule has 0 unspecified atom stereocenters. The van der Waals surface area contributed by atoms with E-state index >= 15 is 0 Å². The lowest BCUT2D eigenvalue weighted by Gasteiger charge is -2.08. The highest BCUT2D eigenvalue weighted by molar-refractivity contribution is 7.99. The highest BCUT2D eigenvalue weighted by Crippen LogP contribution is 2.31. The van der Waals surface area contributed by atoms with Crippen molar-refractivity contribution >= 4 is 22.7 Å². The van der Waals surface area contributed by atoms with Crippen LogP contribution in [0.5, 0.6) is 5.75 Å². The monoisotopic (exact) mass is 344 g/mol. The zero-order chi connectivity index (χ0) is 16.9. The molecule has 122 valence electrons. The van der Waals surface area contributed by atoms with Crippen LogP contribution in [0, 0.1) is 0 Å². The van der Waals surface area contributed by atoms with E-state index in [0.717, 1.165) is 32.1 Å². The third-order valence-electron chi connectivity index (χ3n) is 3.79. The van der Waals surface area contributed by atoms with Gasteiger partial charge < -0.3 is 4.74 Å². The van der Waals surface area contributed by atoms with Crippen LogP contribution in [0.4, 0.5) is 0 Å². The first-order chi connectivity index (χ1) is 12.4. The molecular weight excluding hydrogens is 328 g/mol. The average molecular weight is 344 g/mol. The van der Waals surface area contributed by atoms with Gasteiger partial charge in [0.25, 0.3) is 0 Å². The van der Waals surface area contributed by atoms with Crippen LogP contribution in [-0.2, 0) is 6.61 Å². The zero-order valence-electron chi connectivity index (χ0n) is 13.5. The molecule has 0 spiro atoms. The van der Waals surface area contributed by atoms with Gasteiger partial charge in [-0.15, -0.1) is 0 Å². The second-order valence-corrected chi connectivity index (χ2v) is 6.61. The Hall–Kier alpha value is -2.85. The molecule has 0 atom stereocenters. The molecule has 0 saturated carbocycles. The summed E-state index contributed by atoms with van der Waals surface area (Å²) in [5, 5.41) is 2.03. The van der Waals surface area contributed by atoms with Crippen LogP contribution in [-0.4, -0.2) is 9.97 Å². The third kappa shape index (κ3) is 3.80. The predicted octanol–water partition coefficient (Wildman–Crippen LogP) is 5.36. The van der Waals surface area contributed by atoms with Crippen LogP contribution in [0.1, 0.15) is 5.56 Å². The molecule has 0 aliphatic rings. The number of benzene rings is 3. The Morgan fingerprint density at radius 3 is 2.36 bits per heavy atom. The lowest BCUT2D eigenvalue weighted by molar-refractivity contribution is 0.306. The predicted molar refractivity (Wildman–Crippen MR) is 101 cm³/mol. The van der Waals surface area contributed by atoms with Crippen LogP contribution in [0.15, 0.2) is 95.1 Å². The van der Waals surface area contributed by atoms with Crippen molar-refractivity contribution in [1.29, 1.82) is 0 Å². The van der Waals surface area contributed by atoms with E-state index in [2.05, 4.69) is 40.3 Å². The normalized spacial score (nSPS) is 10.7. The molecule has 3 nitrogen and oxygen atoms in total. The fourth-order valence-electron chi connectivity index (χ4n) is 2.52. The molecule has 1 heterocycles. The molecule has 4 heteroatoms. The highest BCUT2D eigenvalue weighted by atomic mass is 32.2. The molecule has 3 aromatic carbocycles. The Bertz CT molecular complexity index is 966. The number of hydrogen-bond donors (Lipinski definition) is 0. The molecule has 25 heavy (non-hydrogen) atoms. The van der Waals surface area contributed by atoms with Crippen LogP contribution < -0.4 is 4.74 Å². The summed E-state index contributed by atoms with van der Waals surface area (Å²) in [6.45, 7) is 0.573. The second kappa shape index (κ2) is 7.36. The summed E-state index contributed by atoms with van der Waals surface area (Å²) in [4.78, 5) is 9.85. The molecule has 0 fully saturated rings. The van der Waals surface area contributed by atoms with Crippen molar-refractivity contribution in [1.82, 2.24) is 9.97 Å². The number of para-hydroxylation sites is 1. The Labute approximate surface area is 150 Å². The second-order valence-electron chi connectivity index (χ2n) is 5.54. The number of fused-ring (bicyclic) bond motifs is 1. The van der Waals surface area contributed by atoms with Crippen molar-refractivity contribution in [2.75, 3.05) is 0 Å². The summed E-state index contributed by atoms with van der Waals surface area (Å²) in [6.07, 6.45) is 1.61. The van der Waals surface area contributed by atoms with Gasteiger partial charge in [-0.3, -0.25) is 0 Å². The molecule has 0 radical (unpaired) electrons. The van der Waals surface area contributed by atoms with Gasteiger partial charge in [0.05, 0.1) is 5.52 Å². The molecule has 0 N–H and O–H groups in total. The van der Waals surface area contributed by atoms with Gasteiger partial charge in [-0.1, -0.05) is 60.3 Å². The maximum absolute atomic E-state index is 5.83. The van der Waals surface area contributed by atoms with Gasteiger partial charge in [0.2, 0.25) is 0 Å². The maximum Gasteiger partial charge on any atom is 0.119 e. The van der Waals surface area contributed by atoms with Gasteiger partial charge in [0, 0.05) is 10.3 Å². The van der Waals surface area contributed by atoms with Crippen molar-refractivity contribution < 1.29 is 4.74 Å². The van der Waals surface area contributed by atoms with Gasteiger partial charge in [0.1, 0.15) is 23.7 Å². The zero-order valence-corrected chi connectivity index (χ0v) is 14.3.